The summed E-state index contributed by atoms with van der Waals surface area (Å²) in [5, 5.41) is 0. The second-order valence-corrected chi connectivity index (χ2v) is 21.8. The molecule has 0 aliphatic rings. The first kappa shape index (κ1) is 64.4. The van der Waals surface area contributed by atoms with Crippen molar-refractivity contribution in [1.29, 1.82) is 0 Å². The summed E-state index contributed by atoms with van der Waals surface area (Å²) in [6.07, 6.45) is 53.7. The van der Waals surface area contributed by atoms with Crippen molar-refractivity contribution in [2.75, 3.05) is 13.2 Å². The van der Waals surface area contributed by atoms with Gasteiger partial charge in [0.2, 0.25) is 0 Å². The van der Waals surface area contributed by atoms with Gasteiger partial charge in [-0.15, -0.1) is 0 Å². The zero-order valence-corrected chi connectivity index (χ0v) is 45.5. The van der Waals surface area contributed by atoms with Crippen LogP contribution < -0.4 is 0 Å². The lowest BCUT2D eigenvalue weighted by Crippen LogP contribution is -2.30. The molecule has 1 unspecified atom stereocenters. The Bertz CT molecular complexity index is 1020. The number of unbranched alkanes of at least 4 members (excludes halogenated alkanes) is 35. The van der Waals surface area contributed by atoms with E-state index in [0.29, 0.717) is 19.3 Å². The summed E-state index contributed by atoms with van der Waals surface area (Å²) in [4.78, 5) is 38.2. The van der Waals surface area contributed by atoms with Crippen LogP contribution in [-0.4, -0.2) is 37.2 Å². The number of hydrogen-bond donors (Lipinski definition) is 0. The van der Waals surface area contributed by atoms with Crippen LogP contribution in [0.4, 0.5) is 0 Å². The predicted octanol–water partition coefficient (Wildman–Crippen LogP) is 19.5. The normalized spacial score (nSPS) is 12.5. The summed E-state index contributed by atoms with van der Waals surface area (Å²) in [7, 11) is 0. The molecule has 2 atom stereocenters. The molecule has 0 aliphatic carbocycles. The highest BCUT2D eigenvalue weighted by molar-refractivity contribution is 5.71. The third-order valence-corrected chi connectivity index (χ3v) is 14.0. The van der Waals surface area contributed by atoms with Crippen molar-refractivity contribution >= 4 is 17.9 Å². The van der Waals surface area contributed by atoms with E-state index in [0.717, 1.165) is 75.5 Å². The predicted molar refractivity (Wildman–Crippen MR) is 284 cm³/mol. The molecule has 0 rings (SSSR count). The van der Waals surface area contributed by atoms with E-state index >= 15 is 0 Å². The second kappa shape index (κ2) is 51.3. The zero-order valence-electron chi connectivity index (χ0n) is 45.5. The number of hydrogen-bond acceptors (Lipinski definition) is 6. The van der Waals surface area contributed by atoms with Crippen LogP contribution in [0.3, 0.4) is 0 Å². The molecule has 0 radical (unpaired) electrons. The lowest BCUT2D eigenvalue weighted by atomic mass is 9.99. The Morgan fingerprint density at radius 2 is 0.530 bits per heavy atom. The third kappa shape index (κ3) is 51.8. The molecule has 0 fully saturated rings. The molecule has 0 N–H and O–H groups in total. The number of ether oxygens (including phenoxy) is 3. The average Bonchev–Trinajstić information content (AvgIpc) is 3.29. The van der Waals surface area contributed by atoms with Crippen LogP contribution in [0, 0.1) is 17.8 Å². The molecule has 6 heteroatoms. The first-order valence-electron chi connectivity index (χ1n) is 29.6. The van der Waals surface area contributed by atoms with Crippen molar-refractivity contribution in [3.8, 4) is 0 Å². The molecular weight excluding hydrogens is 817 g/mol. The van der Waals surface area contributed by atoms with Crippen LogP contribution in [0.2, 0.25) is 0 Å². The third-order valence-electron chi connectivity index (χ3n) is 14.0. The molecule has 0 bridgehead atoms. The highest BCUT2D eigenvalue weighted by Gasteiger charge is 2.19. The van der Waals surface area contributed by atoms with Gasteiger partial charge >= 0.3 is 17.9 Å². The van der Waals surface area contributed by atoms with E-state index < -0.39 is 6.10 Å². The monoisotopic (exact) mass is 933 g/mol. The van der Waals surface area contributed by atoms with E-state index in [1.165, 1.54) is 212 Å². The SMILES string of the molecule is CCC(C)CCCCCCCCCCCCC(=O)OC[C@@H](COC(=O)CCCCCCCCCCCCCCCC(C)C)OC(=O)CCCCCCCCCCCCCCCCCC(C)C. The molecule has 0 aromatic carbocycles. The number of carbonyl (C=O) groups is 3. The van der Waals surface area contributed by atoms with Gasteiger partial charge in [0.1, 0.15) is 13.2 Å². The molecule has 66 heavy (non-hydrogen) atoms. The van der Waals surface area contributed by atoms with Crippen molar-refractivity contribution in [1.82, 2.24) is 0 Å². The van der Waals surface area contributed by atoms with Crippen molar-refractivity contribution in [2.45, 2.75) is 337 Å². The molecule has 6 nitrogen and oxygen atoms in total. The van der Waals surface area contributed by atoms with E-state index in [-0.39, 0.29) is 31.1 Å². The lowest BCUT2D eigenvalue weighted by molar-refractivity contribution is -0.167. The summed E-state index contributed by atoms with van der Waals surface area (Å²) >= 11 is 0. The van der Waals surface area contributed by atoms with Gasteiger partial charge in [0, 0.05) is 19.3 Å². The Labute approximate surface area is 412 Å². The van der Waals surface area contributed by atoms with Gasteiger partial charge in [-0.25, -0.2) is 0 Å². The molecule has 0 saturated heterocycles. The van der Waals surface area contributed by atoms with Crippen LogP contribution in [0.15, 0.2) is 0 Å². The molecule has 0 heterocycles. The number of esters is 3. The van der Waals surface area contributed by atoms with Gasteiger partial charge in [0.15, 0.2) is 6.10 Å². The molecule has 0 aliphatic heterocycles. The van der Waals surface area contributed by atoms with E-state index in [4.69, 9.17) is 14.2 Å². The molecule has 0 amide bonds. The summed E-state index contributed by atoms with van der Waals surface area (Å²) in [5.41, 5.74) is 0. The van der Waals surface area contributed by atoms with Crippen LogP contribution >= 0.6 is 0 Å². The molecule has 0 aromatic heterocycles. The molecule has 0 saturated carbocycles. The fraction of sp³-hybridized carbons (Fsp3) is 0.950. The van der Waals surface area contributed by atoms with Crippen molar-refractivity contribution in [2.24, 2.45) is 17.8 Å². The van der Waals surface area contributed by atoms with E-state index in [2.05, 4.69) is 41.5 Å². The maximum atomic E-state index is 12.9. The number of rotatable bonds is 53. The maximum absolute atomic E-state index is 12.9. The second-order valence-electron chi connectivity index (χ2n) is 21.8. The highest BCUT2D eigenvalue weighted by atomic mass is 16.6. The zero-order chi connectivity index (χ0) is 48.4. The molecular formula is C60H116O6. The maximum Gasteiger partial charge on any atom is 0.306 e. The smallest absolute Gasteiger partial charge is 0.306 e. The Morgan fingerprint density at radius 3 is 0.788 bits per heavy atom. The van der Waals surface area contributed by atoms with Gasteiger partial charge < -0.3 is 14.2 Å². The lowest BCUT2D eigenvalue weighted by Gasteiger charge is -2.18. The van der Waals surface area contributed by atoms with Gasteiger partial charge in [-0.2, -0.15) is 0 Å². The van der Waals surface area contributed by atoms with Crippen LogP contribution in [0.25, 0.3) is 0 Å². The number of carbonyl (C=O) groups excluding carboxylic acids is 3. The fourth-order valence-electron chi connectivity index (χ4n) is 9.14. The fourth-order valence-corrected chi connectivity index (χ4v) is 9.14. The van der Waals surface area contributed by atoms with Crippen LogP contribution in [-0.2, 0) is 28.6 Å². The molecule has 0 aromatic rings. The van der Waals surface area contributed by atoms with Gasteiger partial charge in [0.05, 0.1) is 0 Å². The molecule has 0 spiro atoms. The summed E-state index contributed by atoms with van der Waals surface area (Å²) in [5.74, 6) is 1.72. The minimum Gasteiger partial charge on any atom is -0.462 e. The minimum atomic E-state index is -0.764. The van der Waals surface area contributed by atoms with E-state index in [1.807, 2.05) is 0 Å². The highest BCUT2D eigenvalue weighted by Crippen LogP contribution is 2.19. The minimum absolute atomic E-state index is 0.0634. The Hall–Kier alpha value is -1.59. The summed E-state index contributed by atoms with van der Waals surface area (Å²) in [6, 6.07) is 0. The van der Waals surface area contributed by atoms with Gasteiger partial charge in [-0.3, -0.25) is 14.4 Å². The van der Waals surface area contributed by atoms with Crippen LogP contribution in [0.5, 0.6) is 0 Å². The van der Waals surface area contributed by atoms with Crippen molar-refractivity contribution < 1.29 is 28.6 Å². The van der Waals surface area contributed by atoms with E-state index in [1.54, 1.807) is 0 Å². The quantitative estimate of drug-likeness (QED) is 0.0343. The van der Waals surface area contributed by atoms with Gasteiger partial charge in [-0.05, 0) is 37.0 Å². The Kier molecular flexibility index (Phi) is 50.0. The molecule has 392 valence electrons. The van der Waals surface area contributed by atoms with Crippen molar-refractivity contribution in [3.05, 3.63) is 0 Å². The Morgan fingerprint density at radius 1 is 0.303 bits per heavy atom. The van der Waals surface area contributed by atoms with Crippen LogP contribution in [0.1, 0.15) is 330 Å². The first-order valence-corrected chi connectivity index (χ1v) is 29.6. The summed E-state index contributed by atoms with van der Waals surface area (Å²) < 4.78 is 16.9. The van der Waals surface area contributed by atoms with Gasteiger partial charge in [0.25, 0.3) is 0 Å². The standard InChI is InChI=1S/C60H116O6/c1-7-56(6)48-42-36-30-24-20-21-26-32-38-44-50-59(62)65-53-57(52-64-58(61)49-43-37-31-25-18-15-11-13-17-23-29-35-41-47-55(4)5)66-60(63)51-45-39-33-27-19-14-10-8-9-12-16-22-28-34-40-46-54(2)3/h54-57H,7-53H2,1-6H3/t56?,57-/m1/s1. The topological polar surface area (TPSA) is 78.9 Å². The Balaban J connectivity index is 4.31. The largest absolute Gasteiger partial charge is 0.462 e. The van der Waals surface area contributed by atoms with Crippen molar-refractivity contribution in [3.63, 3.8) is 0 Å². The first-order chi connectivity index (χ1) is 32.1. The summed E-state index contributed by atoms with van der Waals surface area (Å²) in [6.45, 7) is 13.8. The van der Waals surface area contributed by atoms with E-state index in [9.17, 15) is 14.4 Å². The van der Waals surface area contributed by atoms with Gasteiger partial charge in [-0.1, -0.05) is 292 Å². The average molecular weight is 934 g/mol.